The Morgan fingerprint density at radius 1 is 1.13 bits per heavy atom. The van der Waals surface area contributed by atoms with Gasteiger partial charge >= 0.3 is 0 Å². The Morgan fingerprint density at radius 2 is 1.87 bits per heavy atom. The second-order valence-corrected chi connectivity index (χ2v) is 6.30. The molecule has 1 aromatic heterocycles. The minimum Gasteiger partial charge on any atom is -0.197 e. The fraction of sp³-hybridized carbons (Fsp3) is 0.176. The number of aryl methyl sites for hydroxylation is 1. The SMILES string of the molecule is Cc1ccc(CC(C#N)Sc2nnnn2-c2ccccc2)cc1. The van der Waals surface area contributed by atoms with Crippen LogP contribution in [0.1, 0.15) is 11.1 Å². The van der Waals surface area contributed by atoms with Crippen LogP contribution in [0.5, 0.6) is 0 Å². The largest absolute Gasteiger partial charge is 0.215 e. The number of benzene rings is 2. The molecule has 0 saturated carbocycles. The molecule has 2 aromatic carbocycles. The van der Waals surface area contributed by atoms with E-state index in [4.69, 9.17) is 0 Å². The summed E-state index contributed by atoms with van der Waals surface area (Å²) in [5, 5.41) is 21.6. The minimum absolute atomic E-state index is 0.244. The van der Waals surface area contributed by atoms with E-state index in [-0.39, 0.29) is 5.25 Å². The van der Waals surface area contributed by atoms with Crippen LogP contribution in [0.2, 0.25) is 0 Å². The van der Waals surface area contributed by atoms with Crippen molar-refractivity contribution in [3.63, 3.8) is 0 Å². The third kappa shape index (κ3) is 3.76. The molecule has 1 unspecified atom stereocenters. The van der Waals surface area contributed by atoms with Gasteiger partial charge in [0.25, 0.3) is 0 Å². The standard InChI is InChI=1S/C17H15N5S/c1-13-7-9-14(10-8-13)11-16(12-18)23-17-19-20-21-22(17)15-5-3-2-4-6-15/h2-10,16H,11H2,1H3. The predicted octanol–water partition coefficient (Wildman–Crippen LogP) is 3.20. The average molecular weight is 321 g/mol. The summed E-state index contributed by atoms with van der Waals surface area (Å²) < 4.78 is 1.66. The normalized spacial score (nSPS) is 11.8. The highest BCUT2D eigenvalue weighted by atomic mass is 32.2. The molecule has 0 aliphatic heterocycles. The summed E-state index contributed by atoms with van der Waals surface area (Å²) in [4.78, 5) is 0. The predicted molar refractivity (Wildman–Crippen MR) is 89.3 cm³/mol. The third-order valence-electron chi connectivity index (χ3n) is 3.38. The molecule has 3 rings (SSSR count). The first-order valence-electron chi connectivity index (χ1n) is 7.22. The van der Waals surface area contributed by atoms with Gasteiger partial charge in [-0.1, -0.05) is 59.8 Å². The highest BCUT2D eigenvalue weighted by Gasteiger charge is 2.16. The number of nitriles is 1. The van der Waals surface area contributed by atoms with E-state index in [1.807, 2.05) is 37.3 Å². The van der Waals surface area contributed by atoms with Crippen LogP contribution < -0.4 is 0 Å². The first-order valence-corrected chi connectivity index (χ1v) is 8.10. The molecule has 3 aromatic rings. The zero-order valence-corrected chi connectivity index (χ0v) is 13.4. The summed E-state index contributed by atoms with van der Waals surface area (Å²) >= 11 is 1.38. The quantitative estimate of drug-likeness (QED) is 0.675. The Balaban J connectivity index is 1.77. The molecule has 0 aliphatic carbocycles. The monoisotopic (exact) mass is 321 g/mol. The zero-order chi connectivity index (χ0) is 16.1. The van der Waals surface area contributed by atoms with E-state index in [0.717, 1.165) is 11.3 Å². The Labute approximate surface area is 139 Å². The van der Waals surface area contributed by atoms with Gasteiger partial charge in [-0.2, -0.15) is 9.94 Å². The lowest BCUT2D eigenvalue weighted by Crippen LogP contribution is -2.07. The molecular formula is C17H15N5S. The van der Waals surface area contributed by atoms with Crippen LogP contribution in [0.25, 0.3) is 5.69 Å². The van der Waals surface area contributed by atoms with Gasteiger partial charge in [0, 0.05) is 0 Å². The molecule has 1 atom stereocenters. The molecule has 0 radical (unpaired) electrons. The lowest BCUT2D eigenvalue weighted by atomic mass is 10.1. The number of rotatable bonds is 5. The summed E-state index contributed by atoms with van der Waals surface area (Å²) in [7, 11) is 0. The summed E-state index contributed by atoms with van der Waals surface area (Å²) in [5.74, 6) is 0. The van der Waals surface area contributed by atoms with Crippen LogP contribution in [0.4, 0.5) is 0 Å². The topological polar surface area (TPSA) is 67.4 Å². The molecular weight excluding hydrogens is 306 g/mol. The second kappa shape index (κ2) is 7.07. The number of tetrazole rings is 1. The van der Waals surface area contributed by atoms with Crippen LogP contribution in [0.15, 0.2) is 59.8 Å². The van der Waals surface area contributed by atoms with E-state index in [0.29, 0.717) is 11.6 Å². The molecule has 1 heterocycles. The van der Waals surface area contributed by atoms with Gasteiger partial charge in [0.15, 0.2) is 0 Å². The highest BCUT2D eigenvalue weighted by molar-refractivity contribution is 8.00. The average Bonchev–Trinajstić information content (AvgIpc) is 3.05. The molecule has 6 heteroatoms. The summed E-state index contributed by atoms with van der Waals surface area (Å²) in [5.41, 5.74) is 3.23. The van der Waals surface area contributed by atoms with E-state index in [2.05, 4.69) is 45.9 Å². The maximum absolute atomic E-state index is 9.45. The molecule has 0 spiro atoms. The van der Waals surface area contributed by atoms with Crippen LogP contribution in [0, 0.1) is 18.3 Å². The van der Waals surface area contributed by atoms with Crippen molar-refractivity contribution in [2.75, 3.05) is 0 Å². The van der Waals surface area contributed by atoms with Gasteiger partial charge in [-0.15, -0.1) is 5.10 Å². The number of aromatic nitrogens is 4. The summed E-state index contributed by atoms with van der Waals surface area (Å²) in [6, 6.07) is 20.2. The van der Waals surface area contributed by atoms with Gasteiger partial charge in [0.05, 0.1) is 11.8 Å². The number of para-hydroxylation sites is 1. The fourth-order valence-electron chi connectivity index (χ4n) is 2.16. The van der Waals surface area contributed by atoms with Gasteiger partial charge in [-0.3, -0.25) is 0 Å². The van der Waals surface area contributed by atoms with Crippen LogP contribution >= 0.6 is 11.8 Å². The lowest BCUT2D eigenvalue weighted by molar-refractivity contribution is 0.755. The van der Waals surface area contributed by atoms with Crippen molar-refractivity contribution in [2.24, 2.45) is 0 Å². The fourth-order valence-corrected chi connectivity index (χ4v) is 3.07. The maximum atomic E-state index is 9.45. The van der Waals surface area contributed by atoms with Crippen molar-refractivity contribution in [1.29, 1.82) is 5.26 Å². The smallest absolute Gasteiger partial charge is 0.197 e. The van der Waals surface area contributed by atoms with E-state index in [1.165, 1.54) is 17.3 Å². The van der Waals surface area contributed by atoms with E-state index < -0.39 is 0 Å². The van der Waals surface area contributed by atoms with Crippen molar-refractivity contribution in [1.82, 2.24) is 20.2 Å². The van der Waals surface area contributed by atoms with Crippen molar-refractivity contribution >= 4 is 11.8 Å². The number of thioether (sulfide) groups is 1. The second-order valence-electron chi connectivity index (χ2n) is 5.13. The Bertz CT molecular complexity index is 805. The van der Waals surface area contributed by atoms with Crippen LogP contribution in [-0.4, -0.2) is 25.5 Å². The Morgan fingerprint density at radius 3 is 2.57 bits per heavy atom. The lowest BCUT2D eigenvalue weighted by Gasteiger charge is -2.09. The van der Waals surface area contributed by atoms with Gasteiger partial charge in [-0.05, 0) is 41.5 Å². The summed E-state index contributed by atoms with van der Waals surface area (Å²) in [6.45, 7) is 2.05. The Kier molecular flexibility index (Phi) is 4.69. The van der Waals surface area contributed by atoms with Gasteiger partial charge in [0.2, 0.25) is 5.16 Å². The van der Waals surface area contributed by atoms with E-state index in [9.17, 15) is 5.26 Å². The molecule has 5 nitrogen and oxygen atoms in total. The maximum Gasteiger partial charge on any atom is 0.215 e. The number of hydrogen-bond acceptors (Lipinski definition) is 5. The van der Waals surface area contributed by atoms with Crippen LogP contribution in [-0.2, 0) is 6.42 Å². The summed E-state index contributed by atoms with van der Waals surface area (Å²) in [6.07, 6.45) is 0.656. The molecule has 114 valence electrons. The Hall–Kier alpha value is -2.65. The van der Waals surface area contributed by atoms with Gasteiger partial charge in [-0.25, -0.2) is 0 Å². The highest BCUT2D eigenvalue weighted by Crippen LogP contribution is 2.25. The van der Waals surface area contributed by atoms with Crippen molar-refractivity contribution in [2.45, 2.75) is 23.8 Å². The van der Waals surface area contributed by atoms with Crippen LogP contribution in [0.3, 0.4) is 0 Å². The molecule has 0 bridgehead atoms. The first kappa shape index (κ1) is 15.3. The molecule has 0 amide bonds. The molecule has 23 heavy (non-hydrogen) atoms. The molecule has 0 aliphatic rings. The van der Waals surface area contributed by atoms with Crippen molar-refractivity contribution in [3.8, 4) is 11.8 Å². The van der Waals surface area contributed by atoms with Gasteiger partial charge < -0.3 is 0 Å². The van der Waals surface area contributed by atoms with Crippen molar-refractivity contribution in [3.05, 3.63) is 65.7 Å². The van der Waals surface area contributed by atoms with E-state index in [1.54, 1.807) is 4.68 Å². The first-order chi connectivity index (χ1) is 11.3. The van der Waals surface area contributed by atoms with Gasteiger partial charge in [0.1, 0.15) is 5.25 Å². The molecule has 0 N–H and O–H groups in total. The zero-order valence-electron chi connectivity index (χ0n) is 12.6. The number of hydrogen-bond donors (Lipinski definition) is 0. The number of nitrogens with zero attached hydrogens (tertiary/aromatic N) is 5. The minimum atomic E-state index is -0.244. The van der Waals surface area contributed by atoms with E-state index >= 15 is 0 Å². The van der Waals surface area contributed by atoms with Crippen molar-refractivity contribution < 1.29 is 0 Å². The molecule has 0 saturated heterocycles. The molecule has 0 fully saturated rings. The third-order valence-corrected chi connectivity index (χ3v) is 4.40.